The number of hydrogen-bond acceptors (Lipinski definition) is 10. The third-order valence-electron chi connectivity index (χ3n) is 8.07. The van der Waals surface area contributed by atoms with Crippen LogP contribution in [-0.2, 0) is 0 Å². The molecule has 8 rings (SSSR count). The Morgan fingerprint density at radius 3 is 2.09 bits per heavy atom. The van der Waals surface area contributed by atoms with E-state index in [2.05, 4.69) is 35.0 Å². The van der Waals surface area contributed by atoms with E-state index in [4.69, 9.17) is 21.3 Å². The number of H-pyrrole nitrogens is 2. The molecule has 14 nitrogen and oxygen atoms in total. The zero-order valence-electron chi connectivity index (χ0n) is 25.1. The molecule has 0 fully saturated rings. The van der Waals surface area contributed by atoms with Gasteiger partial charge in [0.25, 0.3) is 0 Å². The molecule has 0 spiro atoms. The van der Waals surface area contributed by atoms with Gasteiger partial charge in [0.05, 0.1) is 22.2 Å². The lowest BCUT2D eigenvalue weighted by molar-refractivity contribution is 0.136. The first kappa shape index (κ1) is 28.2. The Balaban J connectivity index is 1.18. The van der Waals surface area contributed by atoms with Gasteiger partial charge in [0, 0.05) is 33.9 Å². The van der Waals surface area contributed by atoms with Gasteiger partial charge in [-0.25, -0.2) is 38.1 Å². The Morgan fingerprint density at radius 1 is 0.787 bits per heavy atom. The summed E-state index contributed by atoms with van der Waals surface area (Å²) in [5, 5.41) is 21.1. The van der Waals surface area contributed by atoms with Crippen molar-refractivity contribution in [2.24, 2.45) is 0 Å². The number of aromatic hydroxyl groups is 1. The van der Waals surface area contributed by atoms with Crippen molar-refractivity contribution < 1.29 is 18.6 Å². The van der Waals surface area contributed by atoms with Gasteiger partial charge in [-0.2, -0.15) is 10.2 Å². The van der Waals surface area contributed by atoms with Gasteiger partial charge in [-0.15, -0.1) is 0 Å². The van der Waals surface area contributed by atoms with Crippen LogP contribution in [0, 0.1) is 11.6 Å². The zero-order chi connectivity index (χ0) is 32.7. The van der Waals surface area contributed by atoms with Crippen molar-refractivity contribution in [2.45, 2.75) is 33.0 Å². The number of nitrogens with one attached hydrogen (secondary N) is 2. The number of halogens is 2. The maximum absolute atomic E-state index is 15.5. The minimum absolute atomic E-state index is 0.00834. The predicted molar refractivity (Wildman–Crippen MR) is 171 cm³/mol. The molecule has 1 atom stereocenters. The molecule has 0 saturated carbocycles. The lowest BCUT2D eigenvalue weighted by Crippen LogP contribution is -2.15. The van der Waals surface area contributed by atoms with Crippen LogP contribution in [0.15, 0.2) is 49.1 Å². The molecular formula is C31H26F2N12O2. The van der Waals surface area contributed by atoms with Gasteiger partial charge in [-0.3, -0.25) is 0 Å². The number of nitrogens with two attached hydrogens (primary N) is 2. The lowest BCUT2D eigenvalue weighted by atomic mass is 10.2. The molecule has 6 heterocycles. The van der Waals surface area contributed by atoms with Gasteiger partial charge < -0.3 is 31.3 Å². The van der Waals surface area contributed by atoms with Gasteiger partial charge in [0.15, 0.2) is 40.7 Å². The first-order valence-corrected chi connectivity index (χ1v) is 14.6. The Bertz CT molecular complexity index is 2530. The number of phenolic OH excluding ortho intramolecular Hbond substituents is 1. The second-order valence-corrected chi connectivity index (χ2v) is 11.4. The van der Waals surface area contributed by atoms with Crippen LogP contribution in [0.25, 0.3) is 66.6 Å². The van der Waals surface area contributed by atoms with Crippen LogP contribution in [-0.4, -0.2) is 54.6 Å². The summed E-state index contributed by atoms with van der Waals surface area (Å²) in [6.07, 6.45) is 1.80. The lowest BCUT2D eigenvalue weighted by Gasteiger charge is -2.16. The molecular weight excluding hydrogens is 610 g/mol. The third kappa shape index (κ3) is 4.28. The number of ether oxygens (including phenoxy) is 1. The molecule has 0 radical (unpaired) electrons. The SMILES string of the molecule is CC(C)n1nc(-c2cc3cc(OC(C)n4nc(-c5cc6c(F)c(O)ccc6[nH]5)c5c(N)ncnc54)c(F)cc3[nH]2)c2c(N)ncnc21. The molecule has 7 N–H and O–H groups in total. The molecule has 1 unspecified atom stereocenters. The first-order valence-electron chi connectivity index (χ1n) is 14.6. The van der Waals surface area contributed by atoms with Gasteiger partial charge in [-0.1, -0.05) is 0 Å². The monoisotopic (exact) mass is 636 g/mol. The fourth-order valence-corrected chi connectivity index (χ4v) is 5.85. The van der Waals surface area contributed by atoms with E-state index in [1.165, 1.54) is 35.5 Å². The highest BCUT2D eigenvalue weighted by Crippen LogP contribution is 2.37. The van der Waals surface area contributed by atoms with Crippen LogP contribution < -0.4 is 16.2 Å². The van der Waals surface area contributed by atoms with E-state index >= 15 is 4.39 Å². The average molecular weight is 637 g/mol. The Labute approximate surface area is 263 Å². The average Bonchev–Trinajstić information content (AvgIpc) is 3.82. The molecule has 0 saturated heterocycles. The second kappa shape index (κ2) is 10.1. The molecule has 0 aliphatic rings. The summed E-state index contributed by atoms with van der Waals surface area (Å²) in [5.41, 5.74) is 16.2. The number of hydrogen-bond donors (Lipinski definition) is 5. The summed E-state index contributed by atoms with van der Waals surface area (Å²) in [4.78, 5) is 23.3. The highest BCUT2D eigenvalue weighted by atomic mass is 19.1. The second-order valence-electron chi connectivity index (χ2n) is 11.4. The van der Waals surface area contributed by atoms with E-state index in [1.54, 1.807) is 23.7 Å². The zero-order valence-corrected chi connectivity index (χ0v) is 25.1. The van der Waals surface area contributed by atoms with Gasteiger partial charge in [0.2, 0.25) is 0 Å². The van der Waals surface area contributed by atoms with Crippen molar-refractivity contribution in [3.63, 3.8) is 0 Å². The molecule has 16 heteroatoms. The number of benzene rings is 2. The van der Waals surface area contributed by atoms with Crippen molar-refractivity contribution in [1.82, 2.24) is 49.5 Å². The van der Waals surface area contributed by atoms with Crippen molar-refractivity contribution in [2.75, 3.05) is 11.5 Å². The van der Waals surface area contributed by atoms with Crippen molar-refractivity contribution in [3.8, 4) is 34.3 Å². The molecule has 2 aromatic carbocycles. The van der Waals surface area contributed by atoms with Gasteiger partial charge in [0.1, 0.15) is 35.7 Å². The van der Waals surface area contributed by atoms with E-state index in [-0.39, 0.29) is 28.8 Å². The summed E-state index contributed by atoms with van der Waals surface area (Å²) >= 11 is 0. The third-order valence-corrected chi connectivity index (χ3v) is 8.07. The fourth-order valence-electron chi connectivity index (χ4n) is 5.85. The Hall–Kier alpha value is -6.32. The summed E-state index contributed by atoms with van der Waals surface area (Å²) < 4.78 is 39.5. The minimum atomic E-state index is -0.876. The molecule has 47 heavy (non-hydrogen) atoms. The van der Waals surface area contributed by atoms with Crippen LogP contribution in [0.2, 0.25) is 0 Å². The summed E-state index contributed by atoms with van der Waals surface area (Å²) in [6, 6.07) is 9.06. The van der Waals surface area contributed by atoms with Gasteiger partial charge >= 0.3 is 0 Å². The van der Waals surface area contributed by atoms with Crippen LogP contribution >= 0.6 is 0 Å². The molecule has 8 aromatic rings. The number of fused-ring (bicyclic) bond motifs is 4. The normalized spacial score (nSPS) is 12.7. The molecule has 6 aromatic heterocycles. The molecule has 236 valence electrons. The number of aromatic nitrogens is 10. The van der Waals surface area contributed by atoms with Crippen molar-refractivity contribution in [3.05, 3.63) is 60.7 Å². The number of rotatable bonds is 6. The van der Waals surface area contributed by atoms with Crippen molar-refractivity contribution in [1.29, 1.82) is 0 Å². The Morgan fingerprint density at radius 2 is 1.40 bits per heavy atom. The van der Waals surface area contributed by atoms with Crippen LogP contribution in [0.1, 0.15) is 33.0 Å². The fraction of sp³-hybridized carbons (Fsp3) is 0.161. The number of nitrogens with zero attached hydrogens (tertiary/aromatic N) is 8. The molecule has 0 aliphatic heterocycles. The number of nitrogen functional groups attached to an aromatic ring is 2. The van der Waals surface area contributed by atoms with E-state index in [0.717, 1.165) is 0 Å². The molecule has 0 aliphatic carbocycles. The summed E-state index contributed by atoms with van der Waals surface area (Å²) in [6.45, 7) is 5.65. The smallest absolute Gasteiger partial charge is 0.191 e. The topological polar surface area (TPSA) is 200 Å². The van der Waals surface area contributed by atoms with Crippen molar-refractivity contribution >= 4 is 55.5 Å². The number of anilines is 2. The van der Waals surface area contributed by atoms with Gasteiger partial charge in [-0.05, 0) is 51.1 Å². The number of phenols is 1. The van der Waals surface area contributed by atoms with Crippen LogP contribution in [0.3, 0.4) is 0 Å². The number of aromatic amines is 2. The van der Waals surface area contributed by atoms with E-state index in [1.807, 2.05) is 19.9 Å². The molecule has 0 bridgehead atoms. The highest BCUT2D eigenvalue weighted by molar-refractivity contribution is 6.01. The summed E-state index contributed by atoms with van der Waals surface area (Å²) in [7, 11) is 0. The maximum Gasteiger partial charge on any atom is 0.191 e. The van der Waals surface area contributed by atoms with E-state index < -0.39 is 23.6 Å². The predicted octanol–water partition coefficient (Wildman–Crippen LogP) is 5.59. The quantitative estimate of drug-likeness (QED) is 0.153. The van der Waals surface area contributed by atoms with Crippen LogP contribution in [0.5, 0.6) is 11.5 Å². The Kier molecular flexibility index (Phi) is 6.05. The highest BCUT2D eigenvalue weighted by Gasteiger charge is 2.25. The molecule has 0 amide bonds. The van der Waals surface area contributed by atoms with E-state index in [0.29, 0.717) is 61.3 Å². The first-order chi connectivity index (χ1) is 22.6. The largest absolute Gasteiger partial charge is 0.505 e. The standard InChI is InChI=1S/C31H26F2N12O2/c1-12(2)44-30-23(28(34)36-10-38-30)26(42-44)19-6-14-7-22(16(32)9-18(14)41-19)47-13(3)45-31-24(29(35)37-11-39-31)27(43-45)20-8-15-17(40-20)4-5-21(46)25(15)33/h4-13,40-41,46H,1-3H3,(H2,34,36,38)(H2,35,37,39). The maximum atomic E-state index is 15.5. The minimum Gasteiger partial charge on any atom is -0.505 e. The van der Waals surface area contributed by atoms with Crippen LogP contribution in [0.4, 0.5) is 20.4 Å². The summed E-state index contributed by atoms with van der Waals surface area (Å²) in [5.74, 6) is -1.48. The van der Waals surface area contributed by atoms with E-state index in [9.17, 15) is 9.50 Å².